The van der Waals surface area contributed by atoms with E-state index >= 15 is 0 Å². The van der Waals surface area contributed by atoms with Crippen molar-refractivity contribution in [1.29, 1.82) is 0 Å². The summed E-state index contributed by atoms with van der Waals surface area (Å²) >= 11 is 0. The van der Waals surface area contributed by atoms with Gasteiger partial charge in [-0.05, 0) is 80.4 Å². The standard InChI is InChI=1S/C32H44N4O3/c1-3-25(2)21-30(26-9-5-4-6-10-26)15-17-31(18-16-30)23-35(29(38)36(31)24-32(39)13-8-14-32)20-12-28(37)34-27-11-7-19-33-22-27/h4-7,9-11,19,22,25,39H,3,8,12-18,20-21,23-24H2,1-2H3,(H,34,37). The zero-order valence-corrected chi connectivity index (χ0v) is 23.6. The van der Waals surface area contributed by atoms with Crippen LogP contribution >= 0.6 is 0 Å². The summed E-state index contributed by atoms with van der Waals surface area (Å²) < 4.78 is 0. The summed E-state index contributed by atoms with van der Waals surface area (Å²) in [7, 11) is 0. The molecule has 210 valence electrons. The maximum absolute atomic E-state index is 13.8. The number of hydrogen-bond acceptors (Lipinski definition) is 4. The summed E-state index contributed by atoms with van der Waals surface area (Å²) in [5, 5.41) is 14.0. The summed E-state index contributed by atoms with van der Waals surface area (Å²) in [6.45, 7) is 6.01. The van der Waals surface area contributed by atoms with Gasteiger partial charge in [0.2, 0.25) is 5.91 Å². The van der Waals surface area contributed by atoms with Crippen molar-refractivity contribution in [3.63, 3.8) is 0 Å². The number of carbonyl (C=O) groups excluding carboxylic acids is 2. The topological polar surface area (TPSA) is 85.8 Å². The molecule has 1 saturated heterocycles. The minimum atomic E-state index is -0.777. The van der Waals surface area contributed by atoms with Gasteiger partial charge in [-0.3, -0.25) is 9.78 Å². The maximum atomic E-state index is 13.8. The van der Waals surface area contributed by atoms with E-state index in [4.69, 9.17) is 0 Å². The second kappa shape index (κ2) is 11.3. The van der Waals surface area contributed by atoms with Crippen molar-refractivity contribution in [3.05, 3.63) is 60.4 Å². The molecular weight excluding hydrogens is 488 g/mol. The Hall–Kier alpha value is -2.93. The van der Waals surface area contributed by atoms with Crippen molar-refractivity contribution in [1.82, 2.24) is 14.8 Å². The van der Waals surface area contributed by atoms with Crippen LogP contribution in [0.1, 0.15) is 83.6 Å². The lowest BCUT2D eigenvalue weighted by molar-refractivity contribution is -0.116. The highest BCUT2D eigenvalue weighted by Crippen LogP contribution is 2.51. The molecule has 2 saturated carbocycles. The van der Waals surface area contributed by atoms with E-state index < -0.39 is 5.60 Å². The SMILES string of the molecule is CCC(C)CC1(c2ccccc2)CCC2(CC1)CN(CCC(=O)Nc1cccnc1)C(=O)N2CC1(O)CCC1. The summed E-state index contributed by atoms with van der Waals surface area (Å²) in [5.41, 5.74) is 1.11. The number of pyridine rings is 1. The Morgan fingerprint density at radius 1 is 1.08 bits per heavy atom. The molecule has 3 aliphatic rings. The first-order valence-corrected chi connectivity index (χ1v) is 14.8. The zero-order chi connectivity index (χ0) is 27.5. The van der Waals surface area contributed by atoms with Crippen LogP contribution in [-0.2, 0) is 10.2 Å². The Morgan fingerprint density at radius 3 is 2.44 bits per heavy atom. The molecule has 1 spiro atoms. The Kier molecular flexibility index (Phi) is 7.99. The molecule has 1 aliphatic heterocycles. The number of aliphatic hydroxyl groups is 1. The molecule has 5 rings (SSSR count). The van der Waals surface area contributed by atoms with Crippen LogP contribution in [0.2, 0.25) is 0 Å². The lowest BCUT2D eigenvalue weighted by Crippen LogP contribution is -2.58. The molecule has 7 heteroatoms. The minimum Gasteiger partial charge on any atom is -0.388 e. The van der Waals surface area contributed by atoms with E-state index in [2.05, 4.69) is 54.5 Å². The van der Waals surface area contributed by atoms with Crippen LogP contribution in [0.15, 0.2) is 54.9 Å². The van der Waals surface area contributed by atoms with Gasteiger partial charge >= 0.3 is 6.03 Å². The predicted molar refractivity (Wildman–Crippen MR) is 153 cm³/mol. The molecular formula is C32H44N4O3. The summed E-state index contributed by atoms with van der Waals surface area (Å²) in [6, 6.07) is 14.5. The number of nitrogens with zero attached hydrogens (tertiary/aromatic N) is 3. The molecule has 1 aromatic heterocycles. The fourth-order valence-corrected chi connectivity index (χ4v) is 7.06. The Bertz CT molecular complexity index is 1130. The van der Waals surface area contributed by atoms with E-state index in [0.717, 1.165) is 57.8 Å². The number of rotatable bonds is 10. The third kappa shape index (κ3) is 5.84. The number of carbonyl (C=O) groups is 2. The lowest BCUT2D eigenvalue weighted by Gasteiger charge is -2.51. The van der Waals surface area contributed by atoms with E-state index in [1.54, 1.807) is 18.5 Å². The van der Waals surface area contributed by atoms with Crippen molar-refractivity contribution in [2.75, 3.05) is 25.0 Å². The summed E-state index contributed by atoms with van der Waals surface area (Å²) in [5.74, 6) is 0.507. The Labute approximate surface area is 233 Å². The van der Waals surface area contributed by atoms with Crippen LogP contribution in [0.5, 0.6) is 0 Å². The van der Waals surface area contributed by atoms with Gasteiger partial charge in [-0.25, -0.2) is 4.79 Å². The van der Waals surface area contributed by atoms with E-state index in [9.17, 15) is 14.7 Å². The predicted octanol–water partition coefficient (Wildman–Crippen LogP) is 5.75. The van der Waals surface area contributed by atoms with Crippen molar-refractivity contribution < 1.29 is 14.7 Å². The molecule has 1 unspecified atom stereocenters. The third-order valence-electron chi connectivity index (χ3n) is 9.81. The van der Waals surface area contributed by atoms with E-state index in [-0.39, 0.29) is 29.3 Å². The number of hydrogen-bond donors (Lipinski definition) is 2. The number of amides is 3. The van der Waals surface area contributed by atoms with Crippen LogP contribution in [0.4, 0.5) is 10.5 Å². The van der Waals surface area contributed by atoms with Crippen LogP contribution in [0.3, 0.4) is 0 Å². The molecule has 2 heterocycles. The molecule has 2 N–H and O–H groups in total. The monoisotopic (exact) mass is 532 g/mol. The lowest BCUT2D eigenvalue weighted by atomic mass is 9.60. The van der Waals surface area contributed by atoms with Gasteiger partial charge in [0.15, 0.2) is 0 Å². The third-order valence-corrected chi connectivity index (χ3v) is 9.81. The zero-order valence-electron chi connectivity index (χ0n) is 23.6. The first-order valence-electron chi connectivity index (χ1n) is 14.8. The highest BCUT2D eigenvalue weighted by atomic mass is 16.3. The maximum Gasteiger partial charge on any atom is 0.320 e. The average molecular weight is 533 g/mol. The molecule has 3 fully saturated rings. The van der Waals surface area contributed by atoms with Gasteiger partial charge in [0.1, 0.15) is 0 Å². The normalized spacial score (nSPS) is 26.9. The van der Waals surface area contributed by atoms with Crippen molar-refractivity contribution in [2.45, 2.75) is 94.6 Å². The molecule has 0 bridgehead atoms. The fraction of sp³-hybridized carbons (Fsp3) is 0.594. The number of benzene rings is 1. The molecule has 3 amide bonds. The molecule has 7 nitrogen and oxygen atoms in total. The number of aromatic nitrogens is 1. The highest BCUT2D eigenvalue weighted by molar-refractivity contribution is 5.91. The fourth-order valence-electron chi connectivity index (χ4n) is 7.06. The summed E-state index contributed by atoms with van der Waals surface area (Å²) in [4.78, 5) is 34.4. The number of anilines is 1. The van der Waals surface area contributed by atoms with Gasteiger partial charge in [0.05, 0.1) is 29.6 Å². The van der Waals surface area contributed by atoms with Crippen LogP contribution in [0, 0.1) is 5.92 Å². The number of β-amino-alcohol motifs (C(OH)–C–C–N with tert-alkyl or cyclic N) is 1. The summed E-state index contributed by atoms with van der Waals surface area (Å²) in [6.07, 6.45) is 12.2. The average Bonchev–Trinajstić information content (AvgIpc) is 3.19. The molecule has 2 aliphatic carbocycles. The van der Waals surface area contributed by atoms with Gasteiger partial charge in [0.25, 0.3) is 0 Å². The molecule has 1 atom stereocenters. The van der Waals surface area contributed by atoms with Gasteiger partial charge in [-0.1, -0.05) is 50.6 Å². The van der Waals surface area contributed by atoms with Crippen LogP contribution in [-0.4, -0.2) is 62.6 Å². The number of nitrogens with one attached hydrogen (secondary N) is 1. The van der Waals surface area contributed by atoms with Gasteiger partial charge in [-0.2, -0.15) is 0 Å². The van der Waals surface area contributed by atoms with E-state index in [1.807, 2.05) is 15.9 Å². The molecule has 0 radical (unpaired) electrons. The van der Waals surface area contributed by atoms with Crippen LogP contribution < -0.4 is 5.32 Å². The Balaban J connectivity index is 1.33. The Morgan fingerprint density at radius 2 is 1.82 bits per heavy atom. The highest BCUT2D eigenvalue weighted by Gasteiger charge is 2.56. The van der Waals surface area contributed by atoms with E-state index in [1.165, 1.54) is 5.56 Å². The quantitative estimate of drug-likeness (QED) is 0.408. The van der Waals surface area contributed by atoms with Gasteiger partial charge in [0, 0.05) is 25.7 Å². The second-order valence-electron chi connectivity index (χ2n) is 12.5. The van der Waals surface area contributed by atoms with Crippen LogP contribution in [0.25, 0.3) is 0 Å². The van der Waals surface area contributed by atoms with Gasteiger partial charge < -0.3 is 20.2 Å². The molecule has 2 aromatic rings. The minimum absolute atomic E-state index is 0.0290. The second-order valence-corrected chi connectivity index (χ2v) is 12.5. The smallest absolute Gasteiger partial charge is 0.320 e. The largest absolute Gasteiger partial charge is 0.388 e. The molecule has 1 aromatic carbocycles. The van der Waals surface area contributed by atoms with Crippen molar-refractivity contribution in [3.8, 4) is 0 Å². The van der Waals surface area contributed by atoms with Crippen molar-refractivity contribution in [2.24, 2.45) is 5.92 Å². The van der Waals surface area contributed by atoms with E-state index in [0.29, 0.717) is 31.2 Å². The van der Waals surface area contributed by atoms with Gasteiger partial charge in [-0.15, -0.1) is 0 Å². The van der Waals surface area contributed by atoms with Crippen molar-refractivity contribution >= 4 is 17.6 Å². The first-order chi connectivity index (χ1) is 18.8. The first kappa shape index (κ1) is 27.6. The number of urea groups is 1. The molecule has 39 heavy (non-hydrogen) atoms.